The summed E-state index contributed by atoms with van der Waals surface area (Å²) in [6.45, 7) is 0. The fourth-order valence-electron chi connectivity index (χ4n) is 3.18. The normalized spacial score (nSPS) is 15.7. The molecule has 3 aromatic carbocycles. The number of rotatable bonds is 5. The highest BCUT2D eigenvalue weighted by atomic mass is 32.2. The van der Waals surface area contributed by atoms with Crippen LogP contribution in [0.3, 0.4) is 0 Å². The lowest BCUT2D eigenvalue weighted by Gasteiger charge is -2.12. The molecular weight excluding hydrogens is 380 g/mol. The third kappa shape index (κ3) is 3.39. The van der Waals surface area contributed by atoms with Crippen LogP contribution in [-0.4, -0.2) is 27.5 Å². The molecule has 1 aliphatic rings. The summed E-state index contributed by atoms with van der Waals surface area (Å²) < 4.78 is 35.4. The van der Waals surface area contributed by atoms with Gasteiger partial charge in [0.15, 0.2) is 6.10 Å². The van der Waals surface area contributed by atoms with Crippen LogP contribution in [0.4, 0.5) is 0 Å². The minimum absolute atomic E-state index is 0.00946. The van der Waals surface area contributed by atoms with Gasteiger partial charge >= 0.3 is 0 Å². The topological polar surface area (TPSA) is 93.7 Å². The number of hydrogen-bond donors (Lipinski definition) is 2. The predicted octanol–water partition coefficient (Wildman–Crippen LogP) is 2.16. The lowest BCUT2D eigenvalue weighted by atomic mass is 10.0. The Balaban J connectivity index is 1.45. The number of hydrazine groups is 1. The second-order valence-corrected chi connectivity index (χ2v) is 8.03. The minimum Gasteiger partial charge on any atom is -0.497 e. The van der Waals surface area contributed by atoms with Crippen LogP contribution in [0, 0.1) is 0 Å². The zero-order valence-electron chi connectivity index (χ0n) is 15.0. The van der Waals surface area contributed by atoms with E-state index in [1.807, 2.05) is 36.4 Å². The second kappa shape index (κ2) is 7.14. The van der Waals surface area contributed by atoms with E-state index >= 15 is 0 Å². The fraction of sp³-hybridized carbons (Fsp3) is 0.150. The van der Waals surface area contributed by atoms with E-state index in [1.54, 1.807) is 0 Å². The molecule has 0 spiro atoms. The second-order valence-electron chi connectivity index (χ2n) is 6.34. The summed E-state index contributed by atoms with van der Waals surface area (Å²) in [5.74, 6) is 0.613. The summed E-state index contributed by atoms with van der Waals surface area (Å²) in [4.78, 5) is 14.6. The van der Waals surface area contributed by atoms with Crippen molar-refractivity contribution in [1.29, 1.82) is 0 Å². The quantitative estimate of drug-likeness (QED) is 0.643. The summed E-state index contributed by atoms with van der Waals surface area (Å²) >= 11 is 0. The third-order valence-corrected chi connectivity index (χ3v) is 5.89. The first-order valence-electron chi connectivity index (χ1n) is 8.61. The summed E-state index contributed by atoms with van der Waals surface area (Å²) in [6, 6.07) is 17.4. The molecule has 1 heterocycles. The number of carbonyl (C=O) groups excluding carboxylic acids is 1. The van der Waals surface area contributed by atoms with E-state index in [4.69, 9.17) is 9.47 Å². The molecule has 0 bridgehead atoms. The molecule has 3 aromatic rings. The molecule has 0 saturated carbocycles. The molecule has 1 atom stereocenters. The Bertz CT molecular complexity index is 1140. The molecule has 0 aliphatic carbocycles. The van der Waals surface area contributed by atoms with Gasteiger partial charge in [0.05, 0.1) is 12.0 Å². The Morgan fingerprint density at radius 1 is 1.07 bits per heavy atom. The Morgan fingerprint density at radius 3 is 2.57 bits per heavy atom. The molecule has 0 saturated heterocycles. The molecule has 8 heteroatoms. The molecule has 0 fully saturated rings. The van der Waals surface area contributed by atoms with E-state index < -0.39 is 22.0 Å². The van der Waals surface area contributed by atoms with Crippen LogP contribution < -0.4 is 19.7 Å². The fourth-order valence-corrected chi connectivity index (χ4v) is 4.02. The van der Waals surface area contributed by atoms with Gasteiger partial charge in [-0.2, -0.15) is 0 Å². The van der Waals surface area contributed by atoms with Crippen molar-refractivity contribution in [2.24, 2.45) is 0 Å². The first-order chi connectivity index (χ1) is 13.5. The molecule has 1 aliphatic heterocycles. The van der Waals surface area contributed by atoms with Gasteiger partial charge in [0, 0.05) is 12.0 Å². The van der Waals surface area contributed by atoms with Gasteiger partial charge in [-0.15, -0.1) is 4.83 Å². The molecule has 4 rings (SSSR count). The van der Waals surface area contributed by atoms with E-state index in [0.717, 1.165) is 16.3 Å². The average molecular weight is 398 g/mol. The molecule has 7 nitrogen and oxygen atoms in total. The summed E-state index contributed by atoms with van der Waals surface area (Å²) in [7, 11) is -2.41. The summed E-state index contributed by atoms with van der Waals surface area (Å²) in [5, 5.41) is 2.08. The number of nitrogens with one attached hydrogen (secondary N) is 2. The van der Waals surface area contributed by atoms with Crippen molar-refractivity contribution >= 4 is 26.7 Å². The average Bonchev–Trinajstić information content (AvgIpc) is 3.17. The summed E-state index contributed by atoms with van der Waals surface area (Å²) in [5.41, 5.74) is 3.18. The zero-order chi connectivity index (χ0) is 19.7. The van der Waals surface area contributed by atoms with Crippen molar-refractivity contribution in [2.45, 2.75) is 17.4 Å². The van der Waals surface area contributed by atoms with Gasteiger partial charge in [-0.3, -0.25) is 10.2 Å². The van der Waals surface area contributed by atoms with Crippen molar-refractivity contribution in [3.8, 4) is 11.5 Å². The van der Waals surface area contributed by atoms with Crippen molar-refractivity contribution in [3.05, 3.63) is 66.2 Å². The van der Waals surface area contributed by atoms with Gasteiger partial charge in [-0.05, 0) is 41.1 Å². The van der Waals surface area contributed by atoms with E-state index in [9.17, 15) is 13.2 Å². The van der Waals surface area contributed by atoms with E-state index in [-0.39, 0.29) is 4.90 Å². The van der Waals surface area contributed by atoms with Gasteiger partial charge in [0.25, 0.3) is 15.9 Å². The van der Waals surface area contributed by atoms with Gasteiger partial charge in [-0.1, -0.05) is 30.3 Å². The van der Waals surface area contributed by atoms with Crippen LogP contribution in [-0.2, 0) is 21.2 Å². The predicted molar refractivity (Wildman–Crippen MR) is 104 cm³/mol. The molecule has 28 heavy (non-hydrogen) atoms. The first-order valence-corrected chi connectivity index (χ1v) is 10.1. The number of fused-ring (bicyclic) bond motifs is 3. The molecule has 2 N–H and O–H groups in total. The molecule has 0 aromatic heterocycles. The number of sulfonamides is 1. The minimum atomic E-state index is -3.91. The van der Waals surface area contributed by atoms with E-state index in [2.05, 4.69) is 10.3 Å². The maximum absolute atomic E-state index is 12.4. The highest BCUT2D eigenvalue weighted by molar-refractivity contribution is 7.89. The van der Waals surface area contributed by atoms with E-state index in [0.29, 0.717) is 17.9 Å². The van der Waals surface area contributed by atoms with Crippen LogP contribution in [0.2, 0.25) is 0 Å². The SMILES string of the molecule is COc1ccc(S(=O)(=O)NNC(=O)[C@H]2Cc3c(ccc4ccccc34)O2)cc1. The Labute approximate surface area is 162 Å². The number of methoxy groups -OCH3 is 1. The maximum atomic E-state index is 12.4. The van der Waals surface area contributed by atoms with Gasteiger partial charge in [-0.25, -0.2) is 8.42 Å². The molecular formula is C20H18N2O5S. The number of hydrogen-bond acceptors (Lipinski definition) is 5. The number of benzene rings is 3. The van der Waals surface area contributed by atoms with Crippen LogP contribution in [0.1, 0.15) is 5.56 Å². The maximum Gasteiger partial charge on any atom is 0.276 e. The monoisotopic (exact) mass is 398 g/mol. The zero-order valence-corrected chi connectivity index (χ0v) is 15.8. The standard InChI is InChI=1S/C20H18N2O5S/c1-26-14-7-9-15(10-8-14)28(24,25)22-21-20(23)19-12-17-16-5-3-2-4-13(16)6-11-18(17)27-19/h2-11,19,22H,12H2,1H3,(H,21,23)/t19-/m1/s1. The van der Waals surface area contributed by atoms with Gasteiger partial charge in [0.2, 0.25) is 0 Å². The van der Waals surface area contributed by atoms with Crippen molar-refractivity contribution in [3.63, 3.8) is 0 Å². The van der Waals surface area contributed by atoms with Crippen molar-refractivity contribution in [2.75, 3.05) is 7.11 Å². The summed E-state index contributed by atoms with van der Waals surface area (Å²) in [6.07, 6.45) is -0.438. The molecule has 144 valence electrons. The van der Waals surface area contributed by atoms with Gasteiger partial charge < -0.3 is 9.47 Å². The first kappa shape index (κ1) is 18.3. The van der Waals surface area contributed by atoms with Crippen molar-refractivity contribution < 1.29 is 22.7 Å². The lowest BCUT2D eigenvalue weighted by molar-refractivity contribution is -0.127. The highest BCUT2D eigenvalue weighted by Gasteiger charge is 2.31. The van der Waals surface area contributed by atoms with Crippen LogP contribution >= 0.6 is 0 Å². The molecule has 0 radical (unpaired) electrons. The number of carbonyl (C=O) groups is 1. The third-order valence-electron chi connectivity index (χ3n) is 4.63. The van der Waals surface area contributed by atoms with Crippen LogP contribution in [0.25, 0.3) is 10.8 Å². The van der Waals surface area contributed by atoms with Crippen LogP contribution in [0.15, 0.2) is 65.6 Å². The van der Waals surface area contributed by atoms with Crippen molar-refractivity contribution in [1.82, 2.24) is 10.3 Å². The van der Waals surface area contributed by atoms with E-state index in [1.165, 1.54) is 31.4 Å². The largest absolute Gasteiger partial charge is 0.497 e. The van der Waals surface area contributed by atoms with Gasteiger partial charge in [0.1, 0.15) is 11.5 Å². The number of amides is 1. The highest BCUT2D eigenvalue weighted by Crippen LogP contribution is 2.35. The Hall–Kier alpha value is -3.10. The Kier molecular flexibility index (Phi) is 4.66. The Morgan fingerprint density at radius 2 is 1.82 bits per heavy atom. The van der Waals surface area contributed by atoms with Crippen LogP contribution in [0.5, 0.6) is 11.5 Å². The number of ether oxygens (including phenoxy) is 2. The molecule has 0 unspecified atom stereocenters. The smallest absolute Gasteiger partial charge is 0.276 e. The molecule has 1 amide bonds. The lowest BCUT2D eigenvalue weighted by Crippen LogP contribution is -2.47.